The van der Waals surface area contributed by atoms with Crippen molar-refractivity contribution in [1.82, 2.24) is 45.2 Å². The van der Waals surface area contributed by atoms with Gasteiger partial charge in [0, 0.05) is 47.7 Å². The first-order valence-corrected chi connectivity index (χ1v) is 11.7. The lowest BCUT2D eigenvalue weighted by molar-refractivity contribution is 0.0935. The summed E-state index contributed by atoms with van der Waals surface area (Å²) in [6.07, 6.45) is 7.01. The molecule has 1 atom stereocenters. The summed E-state index contributed by atoms with van der Waals surface area (Å²) in [5, 5.41) is 17.5. The third-order valence-corrected chi connectivity index (χ3v) is 5.64. The molecule has 5 heterocycles. The summed E-state index contributed by atoms with van der Waals surface area (Å²) < 4.78 is 1.71. The smallest absolute Gasteiger partial charge is 0.270 e. The number of carbonyl (C=O) groups is 1. The average Bonchev–Trinajstić information content (AvgIpc) is 3.51. The highest BCUT2D eigenvalue weighted by Crippen LogP contribution is 2.20. The van der Waals surface area contributed by atoms with E-state index in [2.05, 4.69) is 45.9 Å². The Morgan fingerprint density at radius 2 is 1.84 bits per heavy atom. The van der Waals surface area contributed by atoms with Crippen LogP contribution >= 0.6 is 0 Å². The van der Waals surface area contributed by atoms with E-state index in [0.717, 1.165) is 22.5 Å². The fourth-order valence-electron chi connectivity index (χ4n) is 3.72. The van der Waals surface area contributed by atoms with E-state index in [1.807, 2.05) is 58.2 Å². The zero-order valence-electron chi connectivity index (χ0n) is 20.9. The molecule has 11 heteroatoms. The van der Waals surface area contributed by atoms with E-state index < -0.39 is 0 Å². The Hall–Kier alpha value is -4.93. The summed E-state index contributed by atoms with van der Waals surface area (Å²) >= 11 is 0. The summed E-state index contributed by atoms with van der Waals surface area (Å²) in [4.78, 5) is 30.7. The number of aromatic amines is 1. The van der Waals surface area contributed by atoms with Gasteiger partial charge in [0.2, 0.25) is 0 Å². The minimum atomic E-state index is -0.285. The topological polar surface area (TPSA) is 139 Å². The molecule has 186 valence electrons. The normalized spacial score (nSPS) is 11.8. The van der Waals surface area contributed by atoms with Crippen LogP contribution in [0.3, 0.4) is 0 Å². The minimum Gasteiger partial charge on any atom is -0.344 e. The van der Waals surface area contributed by atoms with Gasteiger partial charge in [0.25, 0.3) is 5.91 Å². The van der Waals surface area contributed by atoms with E-state index in [-0.39, 0.29) is 11.9 Å². The van der Waals surface area contributed by atoms with Gasteiger partial charge in [-0.3, -0.25) is 14.9 Å². The highest BCUT2D eigenvalue weighted by Gasteiger charge is 2.15. The summed E-state index contributed by atoms with van der Waals surface area (Å²) in [7, 11) is 0. The van der Waals surface area contributed by atoms with Crippen molar-refractivity contribution in [2.24, 2.45) is 0 Å². The second kappa shape index (κ2) is 9.97. The van der Waals surface area contributed by atoms with Crippen molar-refractivity contribution in [2.45, 2.75) is 33.7 Å². The van der Waals surface area contributed by atoms with Crippen LogP contribution < -0.4 is 10.6 Å². The molecule has 0 aromatic carbocycles. The first-order valence-electron chi connectivity index (χ1n) is 11.7. The van der Waals surface area contributed by atoms with Gasteiger partial charge in [0.05, 0.1) is 12.2 Å². The number of pyridine rings is 2. The van der Waals surface area contributed by atoms with Gasteiger partial charge < -0.3 is 10.6 Å². The molecule has 37 heavy (non-hydrogen) atoms. The van der Waals surface area contributed by atoms with Gasteiger partial charge in [-0.2, -0.15) is 10.2 Å². The number of nitrogens with one attached hydrogen (secondary N) is 3. The van der Waals surface area contributed by atoms with Crippen molar-refractivity contribution >= 4 is 17.5 Å². The molecule has 0 spiro atoms. The monoisotopic (exact) mass is 494 g/mol. The summed E-state index contributed by atoms with van der Waals surface area (Å²) in [5.41, 5.74) is 4.66. The zero-order valence-corrected chi connectivity index (χ0v) is 20.9. The number of nitrogens with zero attached hydrogens (tertiary/aromatic N) is 7. The van der Waals surface area contributed by atoms with Crippen molar-refractivity contribution in [1.29, 1.82) is 0 Å². The Morgan fingerprint density at radius 3 is 2.49 bits per heavy atom. The number of amides is 1. The van der Waals surface area contributed by atoms with Gasteiger partial charge in [-0.1, -0.05) is 6.07 Å². The van der Waals surface area contributed by atoms with Crippen LogP contribution in [-0.4, -0.2) is 45.8 Å². The molecule has 5 aromatic rings. The third kappa shape index (κ3) is 5.50. The fraction of sp³-hybridized carbons (Fsp3) is 0.192. The quantitative estimate of drug-likeness (QED) is 0.308. The van der Waals surface area contributed by atoms with Crippen LogP contribution in [-0.2, 0) is 0 Å². The molecule has 3 N–H and O–H groups in total. The number of carbonyl (C=O) groups excluding carboxylic acids is 1. The summed E-state index contributed by atoms with van der Waals surface area (Å²) in [5.74, 6) is 2.21. The zero-order chi connectivity index (χ0) is 25.9. The van der Waals surface area contributed by atoms with Gasteiger partial charge >= 0.3 is 0 Å². The molecule has 0 saturated heterocycles. The van der Waals surface area contributed by atoms with Gasteiger partial charge in [0.1, 0.15) is 11.5 Å². The molecule has 0 aliphatic carbocycles. The molecular formula is C26H26N10O. The molecule has 0 aliphatic heterocycles. The van der Waals surface area contributed by atoms with Crippen LogP contribution in [0.4, 0.5) is 11.6 Å². The molecule has 0 radical (unpaired) electrons. The largest absolute Gasteiger partial charge is 0.344 e. The van der Waals surface area contributed by atoms with Crippen LogP contribution in [0.15, 0.2) is 61.2 Å². The van der Waals surface area contributed by atoms with Crippen LogP contribution in [0.2, 0.25) is 0 Å². The molecule has 0 bridgehead atoms. The number of H-pyrrole nitrogens is 1. The maximum Gasteiger partial charge on any atom is 0.270 e. The first-order chi connectivity index (χ1) is 17.8. The predicted octanol–water partition coefficient (Wildman–Crippen LogP) is 4.00. The molecule has 11 nitrogen and oxygen atoms in total. The lowest BCUT2D eigenvalue weighted by atomic mass is 10.1. The lowest BCUT2D eigenvalue weighted by Crippen LogP contribution is -2.27. The highest BCUT2D eigenvalue weighted by molar-refractivity contribution is 5.92. The number of hydrogen-bond acceptors (Lipinski definition) is 8. The Morgan fingerprint density at radius 1 is 0.973 bits per heavy atom. The number of aromatic nitrogens is 8. The van der Waals surface area contributed by atoms with Gasteiger partial charge in [-0.25, -0.2) is 19.6 Å². The molecule has 1 amide bonds. The van der Waals surface area contributed by atoms with Gasteiger partial charge in [-0.15, -0.1) is 0 Å². The molecule has 0 fully saturated rings. The second-order valence-corrected chi connectivity index (χ2v) is 8.82. The number of aryl methyl sites for hydroxylation is 3. The van der Waals surface area contributed by atoms with Crippen LogP contribution in [0.25, 0.3) is 17.2 Å². The van der Waals surface area contributed by atoms with E-state index in [9.17, 15) is 4.79 Å². The number of anilines is 2. The highest BCUT2D eigenvalue weighted by atomic mass is 16.1. The van der Waals surface area contributed by atoms with Gasteiger partial charge in [0.15, 0.2) is 17.5 Å². The average molecular weight is 495 g/mol. The Balaban J connectivity index is 1.25. The summed E-state index contributed by atoms with van der Waals surface area (Å²) in [6, 6.07) is 10.7. The molecule has 0 unspecified atom stereocenters. The maximum atomic E-state index is 12.8. The van der Waals surface area contributed by atoms with Crippen molar-refractivity contribution in [3.8, 4) is 17.2 Å². The van der Waals surface area contributed by atoms with E-state index in [1.54, 1.807) is 35.4 Å². The van der Waals surface area contributed by atoms with E-state index in [4.69, 9.17) is 0 Å². The van der Waals surface area contributed by atoms with Crippen molar-refractivity contribution in [2.75, 3.05) is 5.32 Å². The Bertz CT molecular complexity index is 1540. The number of hydrogen-bond donors (Lipinski definition) is 3. The Labute approximate surface area is 213 Å². The van der Waals surface area contributed by atoms with E-state index >= 15 is 0 Å². The minimum absolute atomic E-state index is 0.255. The first kappa shape index (κ1) is 23.8. The predicted molar refractivity (Wildman–Crippen MR) is 139 cm³/mol. The fourth-order valence-corrected chi connectivity index (χ4v) is 3.72. The SMILES string of the molecule is Cc1cnn(-c2ccc([C@H](C)NC(=O)c3ccc(-c4nc(C)cc(Nc5cc(C)[nH]n5)n4)cn3)cn2)c1. The van der Waals surface area contributed by atoms with Crippen molar-refractivity contribution < 1.29 is 4.79 Å². The standard InChI is InChI=1S/C26H26N10O/c1-15-11-29-36(14-15)24-8-6-19(12-28-24)18(4)31-26(37)21-7-5-20(13-27-21)25-30-16(2)9-22(33-25)32-23-10-17(3)34-35-23/h5-14,18H,1-4H3,(H,31,37)(H2,30,32,33,34,35)/t18-/m0/s1. The van der Waals surface area contributed by atoms with Crippen LogP contribution in [0, 0.1) is 20.8 Å². The summed E-state index contributed by atoms with van der Waals surface area (Å²) in [6.45, 7) is 7.69. The van der Waals surface area contributed by atoms with E-state index in [0.29, 0.717) is 34.5 Å². The Kier molecular flexibility index (Phi) is 6.42. The molecular weight excluding hydrogens is 468 g/mol. The maximum absolute atomic E-state index is 12.8. The molecule has 0 saturated carbocycles. The molecule has 5 aromatic heterocycles. The second-order valence-electron chi connectivity index (χ2n) is 8.82. The lowest BCUT2D eigenvalue weighted by Gasteiger charge is -2.14. The van der Waals surface area contributed by atoms with Crippen LogP contribution in [0.5, 0.6) is 0 Å². The molecule has 5 rings (SSSR count). The van der Waals surface area contributed by atoms with Crippen molar-refractivity contribution in [3.05, 3.63) is 89.4 Å². The molecule has 0 aliphatic rings. The van der Waals surface area contributed by atoms with E-state index in [1.165, 1.54) is 0 Å². The third-order valence-electron chi connectivity index (χ3n) is 5.64. The van der Waals surface area contributed by atoms with Crippen molar-refractivity contribution in [3.63, 3.8) is 0 Å². The van der Waals surface area contributed by atoms with Gasteiger partial charge in [-0.05, 0) is 57.0 Å². The van der Waals surface area contributed by atoms with Crippen LogP contribution in [0.1, 0.15) is 46.0 Å². The number of rotatable bonds is 7.